The molecule has 0 aliphatic carbocycles. The lowest BCUT2D eigenvalue weighted by Crippen LogP contribution is -2.19. The molecule has 3 rings (SSSR count). The van der Waals surface area contributed by atoms with E-state index >= 15 is 0 Å². The fourth-order valence-corrected chi connectivity index (χ4v) is 4.23. The van der Waals surface area contributed by atoms with Gasteiger partial charge in [0, 0.05) is 5.56 Å². The smallest absolute Gasteiger partial charge is 0.250 e. The lowest BCUT2D eigenvalue weighted by Gasteiger charge is -2.01. The fourth-order valence-electron chi connectivity index (χ4n) is 1.88. The summed E-state index contributed by atoms with van der Waals surface area (Å²) in [4.78, 5) is 16.3. The van der Waals surface area contributed by atoms with Gasteiger partial charge in [-0.15, -0.1) is 11.3 Å². The molecule has 1 aromatic heterocycles. The van der Waals surface area contributed by atoms with Gasteiger partial charge in [-0.25, -0.2) is 10.4 Å². The average molecular weight is 396 g/mol. The highest BCUT2D eigenvalue weighted by Gasteiger charge is 2.07. The van der Waals surface area contributed by atoms with Gasteiger partial charge < -0.3 is 0 Å². The lowest BCUT2D eigenvalue weighted by molar-refractivity contribution is -0.118. The Morgan fingerprint density at radius 1 is 1.21 bits per heavy atom. The second-order valence-corrected chi connectivity index (χ2v) is 7.73. The number of nitrogens with one attached hydrogen (secondary N) is 1. The number of carbonyl (C=O) groups excluding carboxylic acids is 1. The number of thiazole rings is 1. The molecule has 0 radical (unpaired) electrons. The van der Waals surface area contributed by atoms with E-state index in [9.17, 15) is 4.79 Å². The Kier molecular flexibility index (Phi) is 5.73. The molecule has 1 amide bonds. The third-order valence-corrected chi connectivity index (χ3v) is 5.82. The number of hydrazone groups is 1. The van der Waals surface area contributed by atoms with Crippen LogP contribution in [0.3, 0.4) is 0 Å². The molecular weight excluding hydrogens is 385 g/mol. The van der Waals surface area contributed by atoms with E-state index in [1.165, 1.54) is 18.0 Å². The SMILES string of the molecule is O=C(CSc1nc2ccccc2s1)N/N=C\c1c(Cl)cccc1Cl. The number of aromatic nitrogens is 1. The second kappa shape index (κ2) is 7.98. The van der Waals surface area contributed by atoms with Crippen LogP contribution in [-0.2, 0) is 4.79 Å². The van der Waals surface area contributed by atoms with Gasteiger partial charge in [-0.2, -0.15) is 5.10 Å². The largest absolute Gasteiger partial charge is 0.272 e. The van der Waals surface area contributed by atoms with E-state index in [0.29, 0.717) is 15.6 Å². The van der Waals surface area contributed by atoms with Crippen LogP contribution in [0.5, 0.6) is 0 Å². The normalized spacial score (nSPS) is 11.2. The molecule has 24 heavy (non-hydrogen) atoms. The second-order valence-electron chi connectivity index (χ2n) is 4.66. The number of benzene rings is 2. The van der Waals surface area contributed by atoms with E-state index < -0.39 is 0 Å². The van der Waals surface area contributed by atoms with E-state index in [4.69, 9.17) is 23.2 Å². The monoisotopic (exact) mass is 395 g/mol. The summed E-state index contributed by atoms with van der Waals surface area (Å²) in [5, 5.41) is 4.85. The molecule has 0 unspecified atom stereocenters. The number of nitrogens with zero attached hydrogens (tertiary/aromatic N) is 2. The van der Waals surface area contributed by atoms with Crippen LogP contribution in [0.15, 0.2) is 51.9 Å². The van der Waals surface area contributed by atoms with Crippen LogP contribution in [0.4, 0.5) is 0 Å². The fraction of sp³-hybridized carbons (Fsp3) is 0.0625. The Labute approximate surface area is 156 Å². The summed E-state index contributed by atoms with van der Waals surface area (Å²) < 4.78 is 1.95. The predicted molar refractivity (Wildman–Crippen MR) is 103 cm³/mol. The van der Waals surface area contributed by atoms with Crippen LogP contribution < -0.4 is 5.43 Å². The molecule has 0 aliphatic heterocycles. The van der Waals surface area contributed by atoms with Crippen LogP contribution in [0.2, 0.25) is 10.0 Å². The minimum absolute atomic E-state index is 0.223. The highest BCUT2D eigenvalue weighted by atomic mass is 35.5. The highest BCUT2D eigenvalue weighted by molar-refractivity contribution is 8.01. The maximum atomic E-state index is 11.9. The van der Waals surface area contributed by atoms with Crippen LogP contribution in [0, 0.1) is 0 Å². The number of fused-ring (bicyclic) bond motifs is 1. The summed E-state index contributed by atoms with van der Waals surface area (Å²) in [6.45, 7) is 0. The van der Waals surface area contributed by atoms with Crippen LogP contribution in [0.1, 0.15) is 5.56 Å². The predicted octanol–water partition coefficient (Wildman–Crippen LogP) is 4.85. The molecule has 1 heterocycles. The van der Waals surface area contributed by atoms with Crippen molar-refractivity contribution >= 4 is 68.6 Å². The highest BCUT2D eigenvalue weighted by Crippen LogP contribution is 2.29. The molecule has 3 aromatic rings. The van der Waals surface area contributed by atoms with E-state index in [1.807, 2.05) is 24.3 Å². The molecule has 0 spiro atoms. The minimum Gasteiger partial charge on any atom is -0.272 e. The van der Waals surface area contributed by atoms with Gasteiger partial charge in [0.15, 0.2) is 4.34 Å². The molecule has 1 N–H and O–H groups in total. The van der Waals surface area contributed by atoms with Crippen LogP contribution in [-0.4, -0.2) is 22.9 Å². The molecule has 8 heteroatoms. The van der Waals surface area contributed by atoms with E-state index in [2.05, 4.69) is 15.5 Å². The van der Waals surface area contributed by atoms with Crippen molar-refractivity contribution in [3.05, 3.63) is 58.1 Å². The van der Waals surface area contributed by atoms with Gasteiger partial charge in [0.2, 0.25) is 0 Å². The Morgan fingerprint density at radius 2 is 1.96 bits per heavy atom. The summed E-state index contributed by atoms with van der Waals surface area (Å²) in [5.41, 5.74) is 3.97. The Bertz CT molecular complexity index is 858. The number of rotatable bonds is 5. The summed E-state index contributed by atoms with van der Waals surface area (Å²) in [6, 6.07) is 13.0. The zero-order valence-electron chi connectivity index (χ0n) is 12.2. The molecule has 0 fully saturated rings. The van der Waals surface area contributed by atoms with E-state index in [1.54, 1.807) is 29.5 Å². The maximum Gasteiger partial charge on any atom is 0.250 e. The molecule has 122 valence electrons. The minimum atomic E-state index is -0.223. The summed E-state index contributed by atoms with van der Waals surface area (Å²) in [7, 11) is 0. The van der Waals surface area contributed by atoms with Crippen molar-refractivity contribution in [1.29, 1.82) is 0 Å². The third kappa shape index (κ3) is 4.27. The van der Waals surface area contributed by atoms with Crippen molar-refractivity contribution < 1.29 is 4.79 Å². The first-order valence-corrected chi connectivity index (χ1v) is 9.43. The van der Waals surface area contributed by atoms with E-state index in [-0.39, 0.29) is 11.7 Å². The van der Waals surface area contributed by atoms with Gasteiger partial charge >= 0.3 is 0 Å². The van der Waals surface area contributed by atoms with Gasteiger partial charge in [-0.05, 0) is 24.3 Å². The van der Waals surface area contributed by atoms with Gasteiger partial charge in [-0.3, -0.25) is 4.79 Å². The van der Waals surface area contributed by atoms with Crippen LogP contribution >= 0.6 is 46.3 Å². The summed E-state index contributed by atoms with van der Waals surface area (Å²) >= 11 is 15.0. The summed E-state index contributed by atoms with van der Waals surface area (Å²) in [6.07, 6.45) is 1.44. The first-order valence-electron chi connectivity index (χ1n) is 6.88. The molecule has 2 aromatic carbocycles. The number of hydrogen-bond donors (Lipinski definition) is 1. The molecule has 0 saturated heterocycles. The van der Waals surface area contributed by atoms with Crippen molar-refractivity contribution in [2.75, 3.05) is 5.75 Å². The summed E-state index contributed by atoms with van der Waals surface area (Å²) in [5.74, 6) is 0.00614. The van der Waals surface area contributed by atoms with Gasteiger partial charge in [-0.1, -0.05) is 53.2 Å². The van der Waals surface area contributed by atoms with Crippen molar-refractivity contribution in [3.63, 3.8) is 0 Å². The van der Waals surface area contributed by atoms with Crippen molar-refractivity contribution in [1.82, 2.24) is 10.4 Å². The zero-order chi connectivity index (χ0) is 16.9. The quantitative estimate of drug-likeness (QED) is 0.381. The van der Waals surface area contributed by atoms with Gasteiger partial charge in [0.25, 0.3) is 5.91 Å². The molecular formula is C16H11Cl2N3OS2. The molecule has 0 saturated carbocycles. The number of thioether (sulfide) groups is 1. The molecule has 0 bridgehead atoms. The number of para-hydroxylation sites is 1. The van der Waals surface area contributed by atoms with Gasteiger partial charge in [0.1, 0.15) is 0 Å². The van der Waals surface area contributed by atoms with Gasteiger partial charge in [0.05, 0.1) is 32.2 Å². The zero-order valence-corrected chi connectivity index (χ0v) is 15.3. The molecule has 0 atom stereocenters. The lowest BCUT2D eigenvalue weighted by atomic mass is 10.2. The number of carbonyl (C=O) groups is 1. The number of hydrogen-bond acceptors (Lipinski definition) is 5. The third-order valence-electron chi connectivity index (χ3n) is 2.98. The molecule has 0 aliphatic rings. The average Bonchev–Trinajstić information content (AvgIpc) is 2.98. The Balaban J connectivity index is 1.55. The van der Waals surface area contributed by atoms with E-state index in [0.717, 1.165) is 14.6 Å². The molecule has 4 nitrogen and oxygen atoms in total. The van der Waals surface area contributed by atoms with Crippen molar-refractivity contribution in [2.24, 2.45) is 5.10 Å². The van der Waals surface area contributed by atoms with Crippen molar-refractivity contribution in [2.45, 2.75) is 4.34 Å². The first-order chi connectivity index (χ1) is 11.6. The number of halogens is 2. The Morgan fingerprint density at radius 3 is 2.71 bits per heavy atom. The number of amides is 1. The standard InChI is InChI=1S/C16H11Cl2N3OS2/c17-11-4-3-5-12(18)10(11)8-19-21-15(22)9-23-16-20-13-6-1-2-7-14(13)24-16/h1-8H,9H2,(H,21,22)/b19-8-. The maximum absolute atomic E-state index is 11.9. The first kappa shape index (κ1) is 17.2. The van der Waals surface area contributed by atoms with Crippen molar-refractivity contribution in [3.8, 4) is 0 Å². The topological polar surface area (TPSA) is 54.4 Å². The van der Waals surface area contributed by atoms with Crippen LogP contribution in [0.25, 0.3) is 10.2 Å². The Hall–Kier alpha value is -1.60.